The summed E-state index contributed by atoms with van der Waals surface area (Å²) in [6.45, 7) is 2.44. The van der Waals surface area contributed by atoms with Gasteiger partial charge in [-0.25, -0.2) is 4.79 Å². The number of carbonyl (C=O) groups is 3. The molecule has 1 aliphatic heterocycles. The first-order valence-electron chi connectivity index (χ1n) is 11.0. The summed E-state index contributed by atoms with van der Waals surface area (Å²) in [6.07, 6.45) is 7.20. The van der Waals surface area contributed by atoms with Crippen LogP contribution in [0.1, 0.15) is 64.7 Å². The molecular weight excluding hydrogens is 372 g/mol. The number of hydrogen-bond acceptors (Lipinski definition) is 6. The number of fused-ring (bicyclic) bond motifs is 5. The number of ether oxygens (including phenoxy) is 1. The van der Waals surface area contributed by atoms with Crippen LogP contribution in [0.2, 0.25) is 0 Å². The Bertz CT molecular complexity index is 818. The Kier molecular flexibility index (Phi) is 4.03. The first-order chi connectivity index (χ1) is 13.7. The molecular formula is C23H30O6. The quantitative estimate of drug-likeness (QED) is 0.542. The van der Waals surface area contributed by atoms with Gasteiger partial charge in [-0.2, -0.15) is 0 Å². The van der Waals surface area contributed by atoms with E-state index in [4.69, 9.17) is 4.74 Å². The molecule has 0 radical (unpaired) electrons. The maximum atomic E-state index is 12.5. The molecule has 0 aromatic heterocycles. The lowest BCUT2D eigenvalue weighted by Crippen LogP contribution is -2.68. The number of Topliss-reactive ketones (excluding diaryl/α,β-unsaturated/α-hetero) is 1. The van der Waals surface area contributed by atoms with Crippen molar-refractivity contribution in [1.29, 1.82) is 0 Å². The second kappa shape index (κ2) is 6.01. The van der Waals surface area contributed by atoms with Crippen LogP contribution in [-0.4, -0.2) is 46.1 Å². The SMILES string of the molecule is CC12CCC3C(CCC4(O)CC(=O)CCC34C=O)C1(O)CCC2C1=CC(=O)OC1. The van der Waals surface area contributed by atoms with Crippen molar-refractivity contribution in [1.82, 2.24) is 0 Å². The fourth-order valence-corrected chi connectivity index (χ4v) is 8.16. The number of ketones is 1. The Balaban J connectivity index is 1.52. The largest absolute Gasteiger partial charge is 0.458 e. The monoisotopic (exact) mass is 402 g/mol. The zero-order valence-electron chi connectivity index (χ0n) is 17.0. The van der Waals surface area contributed by atoms with Crippen molar-refractivity contribution < 1.29 is 29.3 Å². The summed E-state index contributed by atoms with van der Waals surface area (Å²) in [5.41, 5.74) is -2.55. The number of hydrogen-bond donors (Lipinski definition) is 2. The van der Waals surface area contributed by atoms with Crippen molar-refractivity contribution in [3.05, 3.63) is 11.6 Å². The minimum Gasteiger partial charge on any atom is -0.458 e. The Morgan fingerprint density at radius 3 is 2.52 bits per heavy atom. The van der Waals surface area contributed by atoms with E-state index in [1.807, 2.05) is 0 Å². The lowest BCUT2D eigenvalue weighted by molar-refractivity contribution is -0.238. The zero-order valence-corrected chi connectivity index (χ0v) is 17.0. The highest BCUT2D eigenvalue weighted by molar-refractivity contribution is 5.85. The van der Waals surface area contributed by atoms with E-state index in [9.17, 15) is 24.6 Å². The molecule has 158 valence electrons. The average Bonchev–Trinajstić information content (AvgIpc) is 3.21. The molecule has 7 unspecified atom stereocenters. The van der Waals surface area contributed by atoms with E-state index >= 15 is 0 Å². The lowest BCUT2D eigenvalue weighted by Gasteiger charge is -2.64. The Morgan fingerprint density at radius 2 is 1.83 bits per heavy atom. The van der Waals surface area contributed by atoms with Crippen LogP contribution in [0.25, 0.3) is 0 Å². The molecule has 4 fully saturated rings. The van der Waals surface area contributed by atoms with Crippen LogP contribution in [0.5, 0.6) is 0 Å². The Morgan fingerprint density at radius 1 is 1.07 bits per heavy atom. The smallest absolute Gasteiger partial charge is 0.331 e. The summed E-state index contributed by atoms with van der Waals surface area (Å²) in [6, 6.07) is 0. The third-order valence-corrected chi connectivity index (χ3v) is 9.69. The first-order valence-corrected chi connectivity index (χ1v) is 11.0. The molecule has 0 aromatic carbocycles. The van der Waals surface area contributed by atoms with Gasteiger partial charge in [-0.15, -0.1) is 0 Å². The van der Waals surface area contributed by atoms with E-state index in [0.29, 0.717) is 38.7 Å². The molecule has 6 nitrogen and oxygen atoms in total. The average molecular weight is 402 g/mol. The molecule has 5 aliphatic rings. The van der Waals surface area contributed by atoms with E-state index in [1.165, 1.54) is 0 Å². The summed E-state index contributed by atoms with van der Waals surface area (Å²) in [4.78, 5) is 36.2. The topological polar surface area (TPSA) is 101 Å². The number of aldehydes is 1. The van der Waals surface area contributed by atoms with Gasteiger partial charge < -0.3 is 19.7 Å². The highest BCUT2D eigenvalue weighted by Crippen LogP contribution is 2.70. The van der Waals surface area contributed by atoms with Gasteiger partial charge in [-0.3, -0.25) is 4.79 Å². The lowest BCUT2D eigenvalue weighted by atomic mass is 9.42. The third-order valence-electron chi connectivity index (χ3n) is 9.69. The molecule has 4 aliphatic carbocycles. The van der Waals surface area contributed by atoms with Gasteiger partial charge >= 0.3 is 5.97 Å². The standard InChI is InChI=1S/C23H30O6/c1-20-6-3-17-18(4-8-22(27)11-15(25)2-7-21(17,22)13-24)23(20,28)9-5-16(20)14-10-19(26)29-12-14/h10,13,16-18,27-28H,2-9,11-12H2,1H3. The van der Waals surface area contributed by atoms with E-state index in [-0.39, 0.29) is 41.3 Å². The second-order valence-electron chi connectivity index (χ2n) is 10.5. The fourth-order valence-electron chi connectivity index (χ4n) is 8.16. The normalized spacial score (nSPS) is 51.6. The maximum absolute atomic E-state index is 12.5. The molecule has 0 aromatic rings. The summed E-state index contributed by atoms with van der Waals surface area (Å²) in [5, 5.41) is 23.5. The van der Waals surface area contributed by atoms with E-state index in [0.717, 1.165) is 31.1 Å². The Hall–Kier alpha value is -1.53. The van der Waals surface area contributed by atoms with Gasteiger partial charge in [0.1, 0.15) is 18.7 Å². The van der Waals surface area contributed by atoms with Crippen molar-refractivity contribution >= 4 is 18.0 Å². The fraction of sp³-hybridized carbons (Fsp3) is 0.783. The van der Waals surface area contributed by atoms with Crippen LogP contribution in [0.4, 0.5) is 0 Å². The van der Waals surface area contributed by atoms with Gasteiger partial charge in [-0.05, 0) is 68.3 Å². The molecule has 6 heteroatoms. The van der Waals surface area contributed by atoms with E-state index < -0.39 is 16.6 Å². The predicted octanol–water partition coefficient (Wildman–Crippen LogP) is 2.11. The Labute approximate surface area is 170 Å². The molecule has 1 heterocycles. The van der Waals surface area contributed by atoms with Crippen LogP contribution in [0.15, 0.2) is 11.6 Å². The molecule has 4 saturated carbocycles. The number of esters is 1. The van der Waals surface area contributed by atoms with Gasteiger partial charge in [0.2, 0.25) is 0 Å². The minimum absolute atomic E-state index is 0.0292. The molecule has 0 saturated heterocycles. The third kappa shape index (κ3) is 2.27. The van der Waals surface area contributed by atoms with Crippen LogP contribution in [0, 0.1) is 28.6 Å². The van der Waals surface area contributed by atoms with Crippen molar-refractivity contribution in [2.45, 2.75) is 75.9 Å². The molecule has 29 heavy (non-hydrogen) atoms. The van der Waals surface area contributed by atoms with E-state index in [1.54, 1.807) is 6.08 Å². The van der Waals surface area contributed by atoms with E-state index in [2.05, 4.69) is 6.92 Å². The van der Waals surface area contributed by atoms with Gasteiger partial charge in [0.15, 0.2) is 0 Å². The summed E-state index contributed by atoms with van der Waals surface area (Å²) in [7, 11) is 0. The van der Waals surface area contributed by atoms with Crippen molar-refractivity contribution in [3.63, 3.8) is 0 Å². The number of aliphatic hydroxyl groups is 2. The minimum atomic E-state index is -1.28. The van der Waals surface area contributed by atoms with Crippen LogP contribution >= 0.6 is 0 Å². The molecule has 0 spiro atoms. The van der Waals surface area contributed by atoms with Crippen molar-refractivity contribution in [2.75, 3.05) is 6.61 Å². The zero-order chi connectivity index (χ0) is 20.7. The molecule has 0 amide bonds. The van der Waals surface area contributed by atoms with Crippen molar-refractivity contribution in [3.8, 4) is 0 Å². The molecule has 7 atom stereocenters. The van der Waals surface area contributed by atoms with Gasteiger partial charge in [0, 0.05) is 24.3 Å². The number of carbonyl (C=O) groups excluding carboxylic acids is 3. The highest BCUT2D eigenvalue weighted by atomic mass is 16.5. The highest BCUT2D eigenvalue weighted by Gasteiger charge is 2.71. The second-order valence-corrected chi connectivity index (χ2v) is 10.5. The summed E-state index contributed by atoms with van der Waals surface area (Å²) in [5.74, 6) is -0.368. The molecule has 2 N–H and O–H groups in total. The van der Waals surface area contributed by atoms with Crippen LogP contribution in [-0.2, 0) is 19.1 Å². The summed E-state index contributed by atoms with van der Waals surface area (Å²) >= 11 is 0. The predicted molar refractivity (Wildman–Crippen MR) is 103 cm³/mol. The van der Waals surface area contributed by atoms with Crippen LogP contribution in [0.3, 0.4) is 0 Å². The molecule has 0 bridgehead atoms. The van der Waals surface area contributed by atoms with Gasteiger partial charge in [-0.1, -0.05) is 6.92 Å². The number of rotatable bonds is 2. The van der Waals surface area contributed by atoms with Crippen molar-refractivity contribution in [2.24, 2.45) is 28.6 Å². The summed E-state index contributed by atoms with van der Waals surface area (Å²) < 4.78 is 5.15. The maximum Gasteiger partial charge on any atom is 0.331 e. The van der Waals surface area contributed by atoms with Crippen LogP contribution < -0.4 is 0 Å². The van der Waals surface area contributed by atoms with Gasteiger partial charge in [0.25, 0.3) is 0 Å². The first kappa shape index (κ1) is 19.4. The number of cyclic esters (lactones) is 1. The molecule has 5 rings (SSSR count). The van der Waals surface area contributed by atoms with Gasteiger partial charge in [0.05, 0.1) is 16.6 Å².